The lowest BCUT2D eigenvalue weighted by Crippen LogP contribution is -2.21. The van der Waals surface area contributed by atoms with Crippen LogP contribution in [0.2, 0.25) is 0 Å². The summed E-state index contributed by atoms with van der Waals surface area (Å²) in [6.07, 6.45) is 1.59. The van der Waals surface area contributed by atoms with Crippen molar-refractivity contribution in [3.05, 3.63) is 51.5 Å². The molecule has 166 valence electrons. The second-order valence-electron chi connectivity index (χ2n) is 7.29. The molecule has 2 aromatic rings. The normalized spacial score (nSPS) is 10.9. The summed E-state index contributed by atoms with van der Waals surface area (Å²) in [6.45, 7) is 7.79. The lowest BCUT2D eigenvalue weighted by molar-refractivity contribution is -0.124. The zero-order valence-corrected chi connectivity index (χ0v) is 20.0. The van der Waals surface area contributed by atoms with Gasteiger partial charge in [-0.2, -0.15) is 5.10 Å². The summed E-state index contributed by atoms with van der Waals surface area (Å²) in [5, 5.41) is 6.80. The summed E-state index contributed by atoms with van der Waals surface area (Å²) >= 11 is 3.47. The number of rotatable bonds is 9. The number of benzene rings is 2. The summed E-state index contributed by atoms with van der Waals surface area (Å²) in [5.74, 6) is 0.591. The number of hydrazone groups is 1. The van der Waals surface area contributed by atoms with Crippen LogP contribution >= 0.6 is 15.9 Å². The van der Waals surface area contributed by atoms with E-state index in [0.717, 1.165) is 21.3 Å². The molecule has 2 rings (SSSR count). The van der Waals surface area contributed by atoms with Crippen LogP contribution in [0.1, 0.15) is 43.4 Å². The summed E-state index contributed by atoms with van der Waals surface area (Å²) in [7, 11) is 1.56. The molecule has 0 aliphatic heterocycles. The van der Waals surface area contributed by atoms with Crippen LogP contribution in [-0.4, -0.2) is 31.2 Å². The number of carbonyl (C=O) groups excluding carboxylic acids is 2. The summed E-state index contributed by atoms with van der Waals surface area (Å²) < 4.78 is 11.8. The van der Waals surface area contributed by atoms with Gasteiger partial charge in [-0.05, 0) is 78.5 Å². The fourth-order valence-corrected chi connectivity index (χ4v) is 3.28. The average Bonchev–Trinajstić information content (AvgIpc) is 2.71. The number of ether oxygens (including phenoxy) is 2. The Kier molecular flexibility index (Phi) is 9.05. The molecule has 0 saturated heterocycles. The van der Waals surface area contributed by atoms with Gasteiger partial charge in [0.1, 0.15) is 0 Å². The maximum atomic E-state index is 12.1. The maximum Gasteiger partial charge on any atom is 0.240 e. The number of methoxy groups -OCH3 is 1. The van der Waals surface area contributed by atoms with Crippen molar-refractivity contribution in [1.29, 1.82) is 0 Å². The molecular weight excluding hydrogens is 462 g/mol. The van der Waals surface area contributed by atoms with Crippen molar-refractivity contribution in [2.45, 2.75) is 46.6 Å². The first-order valence-electron chi connectivity index (χ1n) is 9.93. The van der Waals surface area contributed by atoms with E-state index in [0.29, 0.717) is 17.1 Å². The number of halogens is 1. The number of hydrogen-bond donors (Lipinski definition) is 2. The molecule has 2 aromatic carbocycles. The van der Waals surface area contributed by atoms with Crippen LogP contribution in [0.15, 0.2) is 39.9 Å². The molecule has 0 heterocycles. The molecule has 31 heavy (non-hydrogen) atoms. The van der Waals surface area contributed by atoms with Crippen LogP contribution in [-0.2, 0) is 9.59 Å². The highest BCUT2D eigenvalue weighted by atomic mass is 79.9. The van der Waals surface area contributed by atoms with E-state index < -0.39 is 0 Å². The molecular formula is C23H28BrN3O4. The molecule has 0 radical (unpaired) electrons. The molecule has 0 spiro atoms. The van der Waals surface area contributed by atoms with E-state index in [1.807, 2.05) is 52.0 Å². The molecule has 0 fully saturated rings. The van der Waals surface area contributed by atoms with Crippen molar-refractivity contribution in [1.82, 2.24) is 5.43 Å². The average molecular weight is 490 g/mol. The first kappa shape index (κ1) is 24.4. The van der Waals surface area contributed by atoms with Crippen molar-refractivity contribution >= 4 is 39.6 Å². The Morgan fingerprint density at radius 2 is 1.87 bits per heavy atom. The first-order chi connectivity index (χ1) is 14.7. The van der Waals surface area contributed by atoms with E-state index in [2.05, 4.69) is 31.8 Å². The number of anilines is 1. The summed E-state index contributed by atoms with van der Waals surface area (Å²) in [4.78, 5) is 24.1. The predicted molar refractivity (Wildman–Crippen MR) is 126 cm³/mol. The lowest BCUT2D eigenvalue weighted by Gasteiger charge is -2.15. The van der Waals surface area contributed by atoms with Gasteiger partial charge in [-0.3, -0.25) is 9.59 Å². The molecule has 0 bridgehead atoms. The van der Waals surface area contributed by atoms with Gasteiger partial charge in [-0.25, -0.2) is 5.43 Å². The van der Waals surface area contributed by atoms with Gasteiger partial charge in [-0.15, -0.1) is 0 Å². The smallest absolute Gasteiger partial charge is 0.240 e. The molecule has 0 aromatic heterocycles. The highest BCUT2D eigenvalue weighted by molar-refractivity contribution is 9.10. The van der Waals surface area contributed by atoms with Gasteiger partial charge in [0.15, 0.2) is 11.5 Å². The van der Waals surface area contributed by atoms with E-state index in [1.165, 1.54) is 6.21 Å². The minimum atomic E-state index is -0.349. The topological polar surface area (TPSA) is 89.0 Å². The molecule has 0 unspecified atom stereocenters. The van der Waals surface area contributed by atoms with E-state index >= 15 is 0 Å². The third-order valence-electron chi connectivity index (χ3n) is 4.47. The van der Waals surface area contributed by atoms with Gasteiger partial charge in [0.2, 0.25) is 11.8 Å². The maximum absolute atomic E-state index is 12.1. The number of carbonyl (C=O) groups is 2. The number of nitrogens with zero attached hydrogens (tertiary/aromatic N) is 1. The van der Waals surface area contributed by atoms with Crippen LogP contribution in [0.3, 0.4) is 0 Å². The van der Waals surface area contributed by atoms with E-state index in [-0.39, 0.29) is 30.8 Å². The Labute approximate surface area is 191 Å². The monoisotopic (exact) mass is 489 g/mol. The number of aryl methyl sites for hydroxylation is 1. The van der Waals surface area contributed by atoms with Crippen molar-refractivity contribution in [2.75, 3.05) is 12.4 Å². The molecule has 0 atom stereocenters. The lowest BCUT2D eigenvalue weighted by atomic mass is 10.1. The molecule has 0 aliphatic carbocycles. The van der Waals surface area contributed by atoms with Gasteiger partial charge in [0, 0.05) is 18.5 Å². The second kappa shape index (κ2) is 11.5. The van der Waals surface area contributed by atoms with E-state index in [1.54, 1.807) is 13.2 Å². The van der Waals surface area contributed by atoms with E-state index in [9.17, 15) is 9.59 Å². The molecule has 2 N–H and O–H groups in total. The largest absolute Gasteiger partial charge is 0.493 e. The fraction of sp³-hybridized carbons (Fsp3) is 0.348. The number of hydrogen-bond acceptors (Lipinski definition) is 5. The standard InChI is InChI=1S/C23H28BrN3O4/c1-14(2)31-23-18(24)11-17(12-20(23)30-5)13-25-27-22(29)10-9-21(28)26-19-8-6-7-15(3)16(19)4/h6-8,11-14H,9-10H2,1-5H3,(H,26,28)(H,27,29). The van der Waals surface area contributed by atoms with Crippen molar-refractivity contribution in [2.24, 2.45) is 5.10 Å². The van der Waals surface area contributed by atoms with Gasteiger partial charge >= 0.3 is 0 Å². The van der Waals surface area contributed by atoms with E-state index in [4.69, 9.17) is 9.47 Å². The molecule has 7 nitrogen and oxygen atoms in total. The third kappa shape index (κ3) is 7.40. The molecule has 8 heteroatoms. The van der Waals surface area contributed by atoms with Crippen LogP contribution in [0.25, 0.3) is 0 Å². The fourth-order valence-electron chi connectivity index (χ4n) is 2.73. The zero-order chi connectivity index (χ0) is 23.0. The number of amides is 2. The van der Waals surface area contributed by atoms with Gasteiger partial charge in [-0.1, -0.05) is 12.1 Å². The molecule has 0 aliphatic rings. The Morgan fingerprint density at radius 3 is 2.55 bits per heavy atom. The first-order valence-corrected chi connectivity index (χ1v) is 10.7. The Bertz CT molecular complexity index is 974. The van der Waals surface area contributed by atoms with Gasteiger partial charge < -0.3 is 14.8 Å². The predicted octanol–water partition coefficient (Wildman–Crippen LogP) is 4.73. The highest BCUT2D eigenvalue weighted by Crippen LogP contribution is 2.36. The second-order valence-corrected chi connectivity index (χ2v) is 8.14. The highest BCUT2D eigenvalue weighted by Gasteiger charge is 2.13. The Balaban J connectivity index is 1.88. The molecule has 0 saturated carbocycles. The van der Waals surface area contributed by atoms with Gasteiger partial charge in [0.05, 0.1) is 23.9 Å². The quantitative estimate of drug-likeness (QED) is 0.393. The van der Waals surface area contributed by atoms with Crippen molar-refractivity contribution < 1.29 is 19.1 Å². The van der Waals surface area contributed by atoms with Crippen LogP contribution < -0.4 is 20.2 Å². The summed E-state index contributed by atoms with van der Waals surface area (Å²) in [5.41, 5.74) is 6.02. The minimum Gasteiger partial charge on any atom is -0.493 e. The SMILES string of the molecule is COc1cc(C=NNC(=O)CCC(=O)Nc2cccc(C)c2C)cc(Br)c1OC(C)C. The third-order valence-corrected chi connectivity index (χ3v) is 5.06. The van der Waals surface area contributed by atoms with Gasteiger partial charge in [0.25, 0.3) is 0 Å². The Hall–Kier alpha value is -2.87. The number of nitrogens with one attached hydrogen (secondary N) is 2. The van der Waals surface area contributed by atoms with Crippen LogP contribution in [0.4, 0.5) is 5.69 Å². The zero-order valence-electron chi connectivity index (χ0n) is 18.4. The minimum absolute atomic E-state index is 0.00367. The van der Waals surface area contributed by atoms with Crippen molar-refractivity contribution in [3.8, 4) is 11.5 Å². The molecule has 2 amide bonds. The Morgan fingerprint density at radius 1 is 1.16 bits per heavy atom. The van der Waals surface area contributed by atoms with Crippen LogP contribution in [0.5, 0.6) is 11.5 Å². The summed E-state index contributed by atoms with van der Waals surface area (Å²) in [6, 6.07) is 9.28. The van der Waals surface area contributed by atoms with Crippen LogP contribution in [0, 0.1) is 13.8 Å². The van der Waals surface area contributed by atoms with Crippen molar-refractivity contribution in [3.63, 3.8) is 0 Å².